The number of hydrogen-bond acceptors (Lipinski definition) is 7. The van der Waals surface area contributed by atoms with Crippen LogP contribution >= 0.6 is 11.6 Å². The Hall–Kier alpha value is -2.74. The van der Waals surface area contributed by atoms with E-state index in [9.17, 15) is 14.4 Å². The first kappa shape index (κ1) is 17.6. The first-order valence-corrected chi connectivity index (χ1v) is 7.35. The van der Waals surface area contributed by atoms with Gasteiger partial charge in [0.15, 0.2) is 0 Å². The molecular formula is C15H16ClN3O5. The number of rotatable bonds is 3. The van der Waals surface area contributed by atoms with Crippen molar-refractivity contribution in [3.05, 3.63) is 34.6 Å². The minimum atomic E-state index is -1.06. The fourth-order valence-electron chi connectivity index (χ4n) is 2.16. The molecule has 0 unspecified atom stereocenters. The summed E-state index contributed by atoms with van der Waals surface area (Å²) in [6.45, 7) is 1.25. The van der Waals surface area contributed by atoms with E-state index < -0.39 is 17.8 Å². The standard InChI is InChI=1S/C15H16ClN3O5/c1-23-14(21)11(12-17-5-6-18-12)9-7-8(16)3-4-10(9)19-13(20)15(22)24-2/h3-4,7,17-18H,5-6H2,1-2H3,(H,19,20). The van der Waals surface area contributed by atoms with E-state index in [4.69, 9.17) is 16.3 Å². The molecule has 128 valence electrons. The predicted molar refractivity (Wildman–Crippen MR) is 87.0 cm³/mol. The third kappa shape index (κ3) is 3.77. The smallest absolute Gasteiger partial charge is 0.396 e. The van der Waals surface area contributed by atoms with Crippen LogP contribution in [0.4, 0.5) is 5.69 Å². The number of hydrogen-bond donors (Lipinski definition) is 3. The van der Waals surface area contributed by atoms with E-state index in [-0.39, 0.29) is 11.3 Å². The maximum Gasteiger partial charge on any atom is 0.396 e. The number of halogens is 1. The Morgan fingerprint density at radius 2 is 1.71 bits per heavy atom. The minimum Gasteiger partial charge on any atom is -0.465 e. The molecule has 1 aromatic carbocycles. The van der Waals surface area contributed by atoms with Gasteiger partial charge in [-0.05, 0) is 18.2 Å². The zero-order chi connectivity index (χ0) is 17.7. The van der Waals surface area contributed by atoms with Crippen molar-refractivity contribution in [1.29, 1.82) is 0 Å². The summed E-state index contributed by atoms with van der Waals surface area (Å²) in [6, 6.07) is 4.50. The molecule has 0 radical (unpaired) electrons. The van der Waals surface area contributed by atoms with Gasteiger partial charge in [-0.25, -0.2) is 9.59 Å². The molecule has 1 aliphatic heterocycles. The molecule has 0 aromatic heterocycles. The van der Waals surface area contributed by atoms with Crippen molar-refractivity contribution < 1.29 is 23.9 Å². The van der Waals surface area contributed by atoms with E-state index in [0.717, 1.165) is 7.11 Å². The van der Waals surface area contributed by atoms with Gasteiger partial charge in [-0.2, -0.15) is 0 Å². The Morgan fingerprint density at radius 1 is 1.08 bits per heavy atom. The molecule has 9 heteroatoms. The number of amides is 1. The maximum atomic E-state index is 12.2. The third-order valence-electron chi connectivity index (χ3n) is 3.24. The van der Waals surface area contributed by atoms with Crippen molar-refractivity contribution >= 4 is 40.7 Å². The first-order valence-electron chi connectivity index (χ1n) is 6.97. The number of carbonyl (C=O) groups is 3. The molecule has 1 heterocycles. The Bertz CT molecular complexity index is 709. The topological polar surface area (TPSA) is 106 Å². The van der Waals surface area contributed by atoms with Crippen LogP contribution in [-0.4, -0.2) is 45.2 Å². The molecular weight excluding hydrogens is 338 g/mol. The van der Waals surface area contributed by atoms with Crippen LogP contribution in [0, 0.1) is 0 Å². The second-order valence-electron chi connectivity index (χ2n) is 4.73. The van der Waals surface area contributed by atoms with Crippen LogP contribution < -0.4 is 16.0 Å². The number of esters is 2. The number of methoxy groups -OCH3 is 2. The Balaban J connectivity index is 2.52. The van der Waals surface area contributed by atoms with Crippen LogP contribution in [0.5, 0.6) is 0 Å². The zero-order valence-electron chi connectivity index (χ0n) is 13.1. The van der Waals surface area contributed by atoms with Gasteiger partial charge in [-0.1, -0.05) is 11.6 Å². The molecule has 1 fully saturated rings. The monoisotopic (exact) mass is 353 g/mol. The Kier molecular flexibility index (Phi) is 5.64. The van der Waals surface area contributed by atoms with E-state index in [1.807, 2.05) is 0 Å². The summed E-state index contributed by atoms with van der Waals surface area (Å²) in [5, 5.41) is 8.80. The highest BCUT2D eigenvalue weighted by Crippen LogP contribution is 2.30. The highest BCUT2D eigenvalue weighted by molar-refractivity contribution is 6.38. The number of nitrogens with one attached hydrogen (secondary N) is 3. The van der Waals surface area contributed by atoms with Crippen molar-refractivity contribution in [1.82, 2.24) is 10.6 Å². The fourth-order valence-corrected chi connectivity index (χ4v) is 2.33. The Morgan fingerprint density at radius 3 is 2.29 bits per heavy atom. The zero-order valence-corrected chi connectivity index (χ0v) is 13.8. The van der Waals surface area contributed by atoms with E-state index in [1.165, 1.54) is 25.3 Å². The molecule has 0 saturated carbocycles. The van der Waals surface area contributed by atoms with Gasteiger partial charge in [0.05, 0.1) is 14.2 Å². The van der Waals surface area contributed by atoms with Gasteiger partial charge < -0.3 is 25.4 Å². The SMILES string of the molecule is COC(=O)C(=O)Nc1ccc(Cl)cc1C(C(=O)OC)=C1NCCN1. The average molecular weight is 354 g/mol. The molecule has 1 aromatic rings. The lowest BCUT2D eigenvalue weighted by molar-refractivity contribution is -0.150. The van der Waals surface area contributed by atoms with E-state index in [0.29, 0.717) is 29.5 Å². The highest BCUT2D eigenvalue weighted by atomic mass is 35.5. The molecule has 24 heavy (non-hydrogen) atoms. The number of carbonyl (C=O) groups excluding carboxylic acids is 3. The maximum absolute atomic E-state index is 12.2. The summed E-state index contributed by atoms with van der Waals surface area (Å²) in [5.74, 6) is -2.19. The normalized spacial score (nSPS) is 12.7. The predicted octanol–water partition coefficient (Wildman–Crippen LogP) is 0.486. The highest BCUT2D eigenvalue weighted by Gasteiger charge is 2.25. The molecule has 1 amide bonds. The van der Waals surface area contributed by atoms with Gasteiger partial charge in [0, 0.05) is 29.4 Å². The summed E-state index contributed by atoms with van der Waals surface area (Å²) < 4.78 is 9.19. The van der Waals surface area contributed by atoms with Gasteiger partial charge in [0.1, 0.15) is 11.4 Å². The summed E-state index contributed by atoms with van der Waals surface area (Å²) in [6.07, 6.45) is 0. The van der Waals surface area contributed by atoms with Crippen LogP contribution in [0.3, 0.4) is 0 Å². The lowest BCUT2D eigenvalue weighted by Gasteiger charge is -2.15. The molecule has 8 nitrogen and oxygen atoms in total. The quantitative estimate of drug-likeness (QED) is 0.412. The first-order chi connectivity index (χ1) is 11.5. The van der Waals surface area contributed by atoms with E-state index in [1.54, 1.807) is 0 Å². The molecule has 0 aliphatic carbocycles. The number of anilines is 1. The van der Waals surface area contributed by atoms with Gasteiger partial charge in [-0.15, -0.1) is 0 Å². The number of ether oxygens (including phenoxy) is 2. The molecule has 3 N–H and O–H groups in total. The minimum absolute atomic E-state index is 0.165. The number of benzene rings is 1. The second-order valence-corrected chi connectivity index (χ2v) is 5.17. The van der Waals surface area contributed by atoms with Gasteiger partial charge >= 0.3 is 17.8 Å². The molecule has 0 bridgehead atoms. The van der Waals surface area contributed by atoms with Gasteiger partial charge in [0.2, 0.25) is 0 Å². The third-order valence-corrected chi connectivity index (χ3v) is 3.47. The van der Waals surface area contributed by atoms with Crippen molar-refractivity contribution in [3.63, 3.8) is 0 Å². The lowest BCUT2D eigenvalue weighted by Crippen LogP contribution is -2.25. The van der Waals surface area contributed by atoms with Crippen molar-refractivity contribution in [2.45, 2.75) is 0 Å². The van der Waals surface area contributed by atoms with Crippen LogP contribution in [-0.2, 0) is 23.9 Å². The fraction of sp³-hybridized carbons (Fsp3) is 0.267. The van der Waals surface area contributed by atoms with E-state index >= 15 is 0 Å². The molecule has 0 spiro atoms. The second kappa shape index (κ2) is 7.69. The average Bonchev–Trinajstić information content (AvgIpc) is 3.10. The molecule has 1 aliphatic rings. The largest absolute Gasteiger partial charge is 0.465 e. The summed E-state index contributed by atoms with van der Waals surface area (Å²) in [5.41, 5.74) is 0.694. The van der Waals surface area contributed by atoms with Gasteiger partial charge in [0.25, 0.3) is 0 Å². The summed E-state index contributed by atoms with van der Waals surface area (Å²) in [7, 11) is 2.34. The molecule has 0 atom stereocenters. The van der Waals surface area contributed by atoms with Crippen molar-refractivity contribution in [2.75, 3.05) is 32.6 Å². The van der Waals surface area contributed by atoms with Crippen LogP contribution in [0.1, 0.15) is 5.56 Å². The van der Waals surface area contributed by atoms with Crippen molar-refractivity contribution in [2.24, 2.45) is 0 Å². The Labute approximate surface area is 143 Å². The van der Waals surface area contributed by atoms with Crippen molar-refractivity contribution in [3.8, 4) is 0 Å². The van der Waals surface area contributed by atoms with Crippen LogP contribution in [0.15, 0.2) is 24.0 Å². The molecule has 2 rings (SSSR count). The summed E-state index contributed by atoms with van der Waals surface area (Å²) >= 11 is 6.02. The van der Waals surface area contributed by atoms with E-state index in [2.05, 4.69) is 20.7 Å². The molecule has 1 saturated heterocycles. The van der Waals surface area contributed by atoms with Gasteiger partial charge in [-0.3, -0.25) is 4.79 Å². The van der Waals surface area contributed by atoms with Crippen LogP contribution in [0.25, 0.3) is 5.57 Å². The van der Waals surface area contributed by atoms with Crippen LogP contribution in [0.2, 0.25) is 5.02 Å². The summed E-state index contributed by atoms with van der Waals surface area (Å²) in [4.78, 5) is 35.3. The lowest BCUT2D eigenvalue weighted by atomic mass is 10.0.